The van der Waals surface area contributed by atoms with E-state index in [0.29, 0.717) is 31.7 Å². The van der Waals surface area contributed by atoms with E-state index in [4.69, 9.17) is 5.73 Å². The molecule has 1 aliphatic heterocycles. The minimum atomic E-state index is -0.891. The number of carbonyl (C=O) groups excluding carboxylic acids is 2. The van der Waals surface area contributed by atoms with Crippen LogP contribution in [0.4, 0.5) is 0 Å². The van der Waals surface area contributed by atoms with Crippen molar-refractivity contribution in [3.05, 3.63) is 29.8 Å². The van der Waals surface area contributed by atoms with Gasteiger partial charge in [0.2, 0.25) is 5.91 Å². The summed E-state index contributed by atoms with van der Waals surface area (Å²) < 4.78 is 0. The smallest absolute Gasteiger partial charge is 0.254 e. The van der Waals surface area contributed by atoms with Crippen LogP contribution in [0.5, 0.6) is 5.75 Å². The second-order valence-electron chi connectivity index (χ2n) is 5.86. The highest BCUT2D eigenvalue weighted by Crippen LogP contribution is 2.15. The van der Waals surface area contributed by atoms with Crippen molar-refractivity contribution >= 4 is 11.8 Å². The lowest BCUT2D eigenvalue weighted by atomic mass is 10.0. The predicted octanol–water partition coefficient (Wildman–Crippen LogP) is 0.414. The molecule has 1 fully saturated rings. The van der Waals surface area contributed by atoms with Crippen LogP contribution in [0.2, 0.25) is 0 Å². The van der Waals surface area contributed by atoms with Gasteiger partial charge in [-0.15, -0.1) is 0 Å². The summed E-state index contributed by atoms with van der Waals surface area (Å²) in [4.78, 5) is 27.8. The van der Waals surface area contributed by atoms with Gasteiger partial charge in [0.25, 0.3) is 5.91 Å². The first-order valence-corrected chi connectivity index (χ1v) is 6.95. The molecule has 0 bridgehead atoms. The van der Waals surface area contributed by atoms with E-state index in [-0.39, 0.29) is 17.6 Å². The maximum Gasteiger partial charge on any atom is 0.254 e. The maximum atomic E-state index is 12.3. The number of aromatic hydroxyl groups is 1. The van der Waals surface area contributed by atoms with Gasteiger partial charge in [-0.05, 0) is 32.0 Å². The van der Waals surface area contributed by atoms with Gasteiger partial charge in [0, 0.05) is 31.7 Å². The van der Waals surface area contributed by atoms with E-state index < -0.39 is 5.54 Å². The summed E-state index contributed by atoms with van der Waals surface area (Å²) in [5.74, 6) is -0.170. The fraction of sp³-hybridized carbons (Fsp3) is 0.467. The van der Waals surface area contributed by atoms with Crippen molar-refractivity contribution in [1.82, 2.24) is 9.80 Å². The Morgan fingerprint density at radius 1 is 1.14 bits per heavy atom. The zero-order chi connectivity index (χ0) is 15.6. The summed E-state index contributed by atoms with van der Waals surface area (Å²) in [6.45, 7) is 5.25. The Balaban J connectivity index is 1.98. The molecule has 0 atom stereocenters. The number of nitrogens with two attached hydrogens (primary N) is 1. The molecule has 2 rings (SSSR count). The van der Waals surface area contributed by atoms with Gasteiger partial charge in [-0.1, -0.05) is 6.07 Å². The number of phenolic OH excluding ortho intramolecular Hbond substituents is 1. The highest BCUT2D eigenvalue weighted by atomic mass is 16.3. The molecule has 0 radical (unpaired) electrons. The molecule has 2 amide bonds. The summed E-state index contributed by atoms with van der Waals surface area (Å²) in [5.41, 5.74) is 5.37. The van der Waals surface area contributed by atoms with E-state index in [1.165, 1.54) is 12.1 Å². The first-order chi connectivity index (χ1) is 9.79. The molecule has 0 aliphatic carbocycles. The molecule has 1 heterocycles. The molecule has 1 aromatic carbocycles. The van der Waals surface area contributed by atoms with Crippen LogP contribution in [0.15, 0.2) is 24.3 Å². The summed E-state index contributed by atoms with van der Waals surface area (Å²) in [5, 5.41) is 9.43. The molecule has 114 valence electrons. The van der Waals surface area contributed by atoms with Crippen molar-refractivity contribution in [2.45, 2.75) is 19.4 Å². The molecule has 6 nitrogen and oxygen atoms in total. The molecular weight excluding hydrogens is 270 g/mol. The molecule has 0 aromatic heterocycles. The molecule has 21 heavy (non-hydrogen) atoms. The lowest BCUT2D eigenvalue weighted by molar-refractivity contribution is -0.137. The van der Waals surface area contributed by atoms with E-state index in [9.17, 15) is 14.7 Å². The maximum absolute atomic E-state index is 12.3. The average molecular weight is 291 g/mol. The van der Waals surface area contributed by atoms with Gasteiger partial charge in [0.1, 0.15) is 5.75 Å². The van der Waals surface area contributed by atoms with Gasteiger partial charge in [-0.2, -0.15) is 0 Å². The summed E-state index contributed by atoms with van der Waals surface area (Å²) >= 11 is 0. The fourth-order valence-electron chi connectivity index (χ4n) is 2.34. The second kappa shape index (κ2) is 5.73. The molecule has 1 aliphatic rings. The third kappa shape index (κ3) is 3.52. The van der Waals surface area contributed by atoms with Crippen molar-refractivity contribution in [3.8, 4) is 5.75 Å². The van der Waals surface area contributed by atoms with E-state index in [2.05, 4.69) is 0 Å². The number of amides is 2. The van der Waals surface area contributed by atoms with Crippen LogP contribution < -0.4 is 5.73 Å². The summed E-state index contributed by atoms with van der Waals surface area (Å²) in [7, 11) is 0. The third-order valence-electron chi connectivity index (χ3n) is 3.50. The predicted molar refractivity (Wildman–Crippen MR) is 78.9 cm³/mol. The van der Waals surface area contributed by atoms with Crippen molar-refractivity contribution < 1.29 is 14.7 Å². The Kier molecular flexibility index (Phi) is 4.18. The molecule has 0 unspecified atom stereocenters. The van der Waals surface area contributed by atoms with Gasteiger partial charge < -0.3 is 20.6 Å². The van der Waals surface area contributed by atoms with Gasteiger partial charge in [0.15, 0.2) is 0 Å². The van der Waals surface area contributed by atoms with Crippen molar-refractivity contribution in [2.75, 3.05) is 26.2 Å². The van der Waals surface area contributed by atoms with E-state index in [1.807, 2.05) is 0 Å². The number of piperazine rings is 1. The standard InChI is InChI=1S/C15H21N3O3/c1-15(2,16)14(21)18-8-6-17(7-9-18)13(20)11-4-3-5-12(19)10-11/h3-5,10,19H,6-9,16H2,1-2H3. The minimum absolute atomic E-state index is 0.0690. The van der Waals surface area contributed by atoms with Crippen LogP contribution in [0.1, 0.15) is 24.2 Å². The van der Waals surface area contributed by atoms with Crippen LogP contribution in [0.3, 0.4) is 0 Å². The normalized spacial score (nSPS) is 16.0. The topological polar surface area (TPSA) is 86.9 Å². The van der Waals surface area contributed by atoms with Crippen molar-refractivity contribution in [1.29, 1.82) is 0 Å². The van der Waals surface area contributed by atoms with E-state index in [1.54, 1.807) is 35.8 Å². The van der Waals surface area contributed by atoms with E-state index >= 15 is 0 Å². The Morgan fingerprint density at radius 2 is 1.71 bits per heavy atom. The first kappa shape index (κ1) is 15.3. The number of carbonyl (C=O) groups is 2. The zero-order valence-electron chi connectivity index (χ0n) is 12.4. The zero-order valence-corrected chi connectivity index (χ0v) is 12.4. The Morgan fingerprint density at radius 3 is 2.24 bits per heavy atom. The highest BCUT2D eigenvalue weighted by Gasteiger charge is 2.31. The number of hydrogen-bond acceptors (Lipinski definition) is 4. The number of benzene rings is 1. The molecule has 3 N–H and O–H groups in total. The Hall–Kier alpha value is -2.08. The second-order valence-corrected chi connectivity index (χ2v) is 5.86. The lowest BCUT2D eigenvalue weighted by Crippen LogP contribution is -2.57. The van der Waals surface area contributed by atoms with E-state index in [0.717, 1.165) is 0 Å². The van der Waals surface area contributed by atoms with Gasteiger partial charge in [-0.3, -0.25) is 9.59 Å². The van der Waals surface area contributed by atoms with Crippen LogP contribution in [-0.2, 0) is 4.79 Å². The molecule has 6 heteroatoms. The lowest BCUT2D eigenvalue weighted by Gasteiger charge is -2.37. The molecule has 0 spiro atoms. The molecular formula is C15H21N3O3. The Labute approximate surface area is 124 Å². The van der Waals surface area contributed by atoms with Crippen LogP contribution in [-0.4, -0.2) is 58.4 Å². The molecule has 0 saturated carbocycles. The summed E-state index contributed by atoms with van der Waals surface area (Å²) in [6.07, 6.45) is 0. The van der Waals surface area contributed by atoms with Crippen molar-refractivity contribution in [2.24, 2.45) is 5.73 Å². The number of rotatable bonds is 2. The monoisotopic (exact) mass is 291 g/mol. The fourth-order valence-corrected chi connectivity index (χ4v) is 2.34. The number of hydrogen-bond donors (Lipinski definition) is 2. The highest BCUT2D eigenvalue weighted by molar-refractivity contribution is 5.95. The quantitative estimate of drug-likeness (QED) is 0.826. The number of nitrogens with zero attached hydrogens (tertiary/aromatic N) is 2. The minimum Gasteiger partial charge on any atom is -0.508 e. The molecule has 1 aromatic rings. The van der Waals surface area contributed by atoms with Crippen LogP contribution in [0.25, 0.3) is 0 Å². The van der Waals surface area contributed by atoms with Crippen LogP contribution >= 0.6 is 0 Å². The van der Waals surface area contributed by atoms with Gasteiger partial charge in [-0.25, -0.2) is 0 Å². The van der Waals surface area contributed by atoms with Gasteiger partial charge in [0.05, 0.1) is 5.54 Å². The molecule has 1 saturated heterocycles. The Bertz CT molecular complexity index is 543. The van der Waals surface area contributed by atoms with Gasteiger partial charge >= 0.3 is 0 Å². The van der Waals surface area contributed by atoms with Crippen molar-refractivity contribution in [3.63, 3.8) is 0 Å². The first-order valence-electron chi connectivity index (χ1n) is 6.95. The third-order valence-corrected chi connectivity index (χ3v) is 3.50. The SMILES string of the molecule is CC(C)(N)C(=O)N1CCN(C(=O)c2cccc(O)c2)CC1. The summed E-state index contributed by atoms with van der Waals surface area (Å²) in [6, 6.07) is 6.28. The number of phenols is 1. The largest absolute Gasteiger partial charge is 0.508 e. The van der Waals surface area contributed by atoms with Crippen LogP contribution in [0, 0.1) is 0 Å². The average Bonchev–Trinajstić information content (AvgIpc) is 2.45.